The minimum atomic E-state index is -0.113. The Labute approximate surface area is 366 Å². The number of benzene rings is 2. The van der Waals surface area contributed by atoms with Gasteiger partial charge in [0.05, 0.1) is 6.04 Å². The van der Waals surface area contributed by atoms with Crippen LogP contribution in [-0.4, -0.2) is 33.8 Å². The van der Waals surface area contributed by atoms with E-state index in [2.05, 4.69) is 201 Å². The third-order valence-corrected chi connectivity index (χ3v) is 13.3. The molecule has 0 fully saturated rings. The van der Waals surface area contributed by atoms with Crippen LogP contribution in [0.2, 0.25) is 0 Å². The molecule has 61 heavy (non-hydrogen) atoms. The fourth-order valence-electron chi connectivity index (χ4n) is 10.3. The Morgan fingerprint density at radius 2 is 1.64 bits per heavy atom. The van der Waals surface area contributed by atoms with Crippen LogP contribution < -0.4 is 10.4 Å². The first-order valence-corrected chi connectivity index (χ1v) is 23.1. The van der Waals surface area contributed by atoms with E-state index in [-0.39, 0.29) is 12.2 Å². The number of hydrogen-bond acceptors (Lipinski definition) is 6. The van der Waals surface area contributed by atoms with E-state index in [0.717, 1.165) is 50.8 Å². The summed E-state index contributed by atoms with van der Waals surface area (Å²) in [7, 11) is 2.10. The molecule has 0 saturated carbocycles. The van der Waals surface area contributed by atoms with E-state index in [1.807, 2.05) is 13.8 Å². The highest BCUT2D eigenvalue weighted by Gasteiger charge is 2.40. The van der Waals surface area contributed by atoms with E-state index in [4.69, 9.17) is 4.99 Å². The topological polar surface area (TPSA) is 37.4 Å². The maximum Gasteiger partial charge on any atom is 0.149 e. The average molecular weight is 811 g/mol. The second-order valence-corrected chi connectivity index (χ2v) is 17.0. The van der Waals surface area contributed by atoms with Gasteiger partial charge in [0.25, 0.3) is 0 Å². The number of rotatable bonds is 9. The first-order valence-electron chi connectivity index (χ1n) is 23.1. The van der Waals surface area contributed by atoms with Crippen LogP contribution in [-0.2, 0) is 0 Å². The van der Waals surface area contributed by atoms with Gasteiger partial charge in [0.15, 0.2) is 0 Å². The number of fused-ring (bicyclic) bond motifs is 3. The molecule has 0 spiro atoms. The van der Waals surface area contributed by atoms with Crippen LogP contribution in [0.4, 0.5) is 5.69 Å². The van der Waals surface area contributed by atoms with Gasteiger partial charge in [0.1, 0.15) is 12.0 Å². The van der Waals surface area contributed by atoms with Crippen molar-refractivity contribution in [1.82, 2.24) is 20.5 Å². The van der Waals surface area contributed by atoms with Crippen molar-refractivity contribution in [1.29, 1.82) is 0 Å². The van der Waals surface area contributed by atoms with Crippen molar-refractivity contribution < 1.29 is 0 Å². The Kier molecular flexibility index (Phi) is 12.9. The number of aliphatic imine (C=N–C) groups is 1. The molecule has 5 atom stereocenters. The molecule has 6 heteroatoms. The van der Waals surface area contributed by atoms with Crippen molar-refractivity contribution in [3.63, 3.8) is 0 Å². The molecule has 6 nitrogen and oxygen atoms in total. The summed E-state index contributed by atoms with van der Waals surface area (Å²) in [6.07, 6.45) is 37.6. The standard InChI is InChI=1S/C53H60N6.C2H6/c1-7-19-49-44(8-2)48(34-37(4)40-28-33-47-46-26-17-18-27-50(46)58(51(47)35-40)41-23-13-10-14-24-41)38(5)57(49)42-29-31-43(32-30-42)59-53(45-25-16-15-20-36(45)3)54-52(56(6)55-59)39-21-11-9-12-22-39;1-2/h9-13,15-19,21-23,25-29,31,33-36,44,47,51-52,55H,7-8,14,20,24,30,32H2,1-6H3;1-2H3/b37-34+,49-19+;. The van der Waals surface area contributed by atoms with Crippen LogP contribution in [0.1, 0.15) is 117 Å². The van der Waals surface area contributed by atoms with E-state index < -0.39 is 0 Å². The van der Waals surface area contributed by atoms with Crippen LogP contribution in [0.25, 0.3) is 0 Å². The lowest BCUT2D eigenvalue weighted by Gasteiger charge is -2.43. The lowest BCUT2D eigenvalue weighted by atomic mass is 9.85. The lowest BCUT2D eigenvalue weighted by molar-refractivity contribution is 0.0589. The largest absolute Gasteiger partial charge is 0.337 e. The van der Waals surface area contributed by atoms with E-state index in [1.54, 1.807) is 0 Å². The van der Waals surface area contributed by atoms with E-state index in [1.165, 1.54) is 67.6 Å². The molecule has 2 aromatic rings. The number of nitrogens with one attached hydrogen (secondary N) is 1. The third kappa shape index (κ3) is 8.09. The van der Waals surface area contributed by atoms with Gasteiger partial charge >= 0.3 is 0 Å². The fraction of sp³-hybridized carbons (Fsp3) is 0.364. The molecule has 0 saturated heterocycles. The third-order valence-electron chi connectivity index (χ3n) is 13.3. The molecular formula is C55H66N6. The van der Waals surface area contributed by atoms with Gasteiger partial charge in [-0.15, -0.1) is 0 Å². The molecule has 7 aliphatic rings. The molecule has 3 aliphatic heterocycles. The molecule has 316 valence electrons. The summed E-state index contributed by atoms with van der Waals surface area (Å²) in [5.41, 5.74) is 19.9. The second kappa shape index (κ2) is 18.7. The van der Waals surface area contributed by atoms with Gasteiger partial charge in [-0.1, -0.05) is 144 Å². The van der Waals surface area contributed by atoms with Crippen molar-refractivity contribution in [3.05, 3.63) is 195 Å². The van der Waals surface area contributed by atoms with Crippen LogP contribution >= 0.6 is 0 Å². The Morgan fingerprint density at radius 1 is 0.885 bits per heavy atom. The highest BCUT2D eigenvalue weighted by molar-refractivity contribution is 6.00. The number of anilines is 1. The van der Waals surface area contributed by atoms with Gasteiger partial charge in [-0.05, 0) is 122 Å². The maximum atomic E-state index is 5.45. The molecule has 0 amide bonds. The highest BCUT2D eigenvalue weighted by Crippen LogP contribution is 2.49. The fourth-order valence-corrected chi connectivity index (χ4v) is 10.3. The number of allylic oxidation sites excluding steroid dienone is 18. The highest BCUT2D eigenvalue weighted by atomic mass is 15.8. The summed E-state index contributed by atoms with van der Waals surface area (Å²) in [5, 5.41) is 4.38. The molecule has 0 aromatic heterocycles. The summed E-state index contributed by atoms with van der Waals surface area (Å²) >= 11 is 0. The Balaban J connectivity index is 0.00000253. The summed E-state index contributed by atoms with van der Waals surface area (Å²) in [4.78, 5) is 10.7. The molecule has 9 rings (SSSR count). The SMILES string of the molecule is CC.CC/C=C1\C(CC)C(/C=C(\C)C2=CC3C(C=C2)c2ccccc2N3C2=CC=CCC2)=C(C)N1C1=CC=C(N2NN(C)C(c3ccccc3)N=C2C2=CC=CCC2C)CC1. The number of amidine groups is 1. The van der Waals surface area contributed by atoms with Gasteiger partial charge < -0.3 is 9.80 Å². The summed E-state index contributed by atoms with van der Waals surface area (Å²) in [6.45, 7) is 15.6. The summed E-state index contributed by atoms with van der Waals surface area (Å²) in [6, 6.07) is 19.9. The molecule has 0 radical (unpaired) electrons. The second-order valence-electron chi connectivity index (χ2n) is 17.0. The monoisotopic (exact) mass is 811 g/mol. The normalized spacial score (nSPS) is 26.9. The molecule has 5 unspecified atom stereocenters. The smallest absolute Gasteiger partial charge is 0.149 e. The molecular weight excluding hydrogens is 745 g/mol. The van der Waals surface area contributed by atoms with Crippen LogP contribution in [0.3, 0.4) is 0 Å². The number of hydrazine groups is 2. The zero-order valence-corrected chi connectivity index (χ0v) is 37.8. The number of hydrogen-bond donors (Lipinski definition) is 1. The molecule has 2 aromatic carbocycles. The van der Waals surface area contributed by atoms with Crippen molar-refractivity contribution in [3.8, 4) is 0 Å². The minimum Gasteiger partial charge on any atom is -0.337 e. The van der Waals surface area contributed by atoms with Crippen LogP contribution in [0, 0.1) is 11.8 Å². The molecule has 1 N–H and O–H groups in total. The van der Waals surface area contributed by atoms with Crippen molar-refractivity contribution in [2.45, 2.75) is 112 Å². The van der Waals surface area contributed by atoms with Gasteiger partial charge in [-0.2, -0.15) is 5.53 Å². The summed E-state index contributed by atoms with van der Waals surface area (Å²) in [5.74, 6) is 2.12. The zero-order chi connectivity index (χ0) is 42.6. The van der Waals surface area contributed by atoms with Gasteiger partial charge in [0, 0.05) is 53.1 Å². The van der Waals surface area contributed by atoms with Crippen molar-refractivity contribution in [2.24, 2.45) is 16.8 Å². The lowest BCUT2D eigenvalue weighted by Crippen LogP contribution is -2.56. The van der Waals surface area contributed by atoms with Gasteiger partial charge in [0.2, 0.25) is 0 Å². The summed E-state index contributed by atoms with van der Waals surface area (Å²) < 4.78 is 0. The number of para-hydroxylation sites is 1. The Bertz CT molecular complexity index is 2360. The maximum absolute atomic E-state index is 5.45. The van der Waals surface area contributed by atoms with Gasteiger partial charge in [-0.3, -0.25) is 0 Å². The molecule has 0 bridgehead atoms. The Morgan fingerprint density at radius 3 is 2.36 bits per heavy atom. The van der Waals surface area contributed by atoms with Crippen LogP contribution in [0.5, 0.6) is 0 Å². The predicted octanol–water partition coefficient (Wildman–Crippen LogP) is 13.4. The van der Waals surface area contributed by atoms with Gasteiger partial charge in [-0.25, -0.2) is 15.0 Å². The van der Waals surface area contributed by atoms with E-state index in [9.17, 15) is 0 Å². The minimum absolute atomic E-state index is 0.113. The zero-order valence-electron chi connectivity index (χ0n) is 37.8. The predicted molar refractivity (Wildman–Crippen MR) is 257 cm³/mol. The van der Waals surface area contributed by atoms with Crippen molar-refractivity contribution >= 4 is 11.5 Å². The van der Waals surface area contributed by atoms with Crippen molar-refractivity contribution in [2.75, 3.05) is 11.9 Å². The van der Waals surface area contributed by atoms with E-state index in [0.29, 0.717) is 17.8 Å². The quantitative estimate of drug-likeness (QED) is 0.273. The average Bonchev–Trinajstić information content (AvgIpc) is 3.77. The first-order chi connectivity index (χ1) is 29.9. The Hall–Kier alpha value is -5.43. The molecule has 3 heterocycles. The molecule has 4 aliphatic carbocycles. The van der Waals surface area contributed by atoms with E-state index >= 15 is 0 Å². The number of nitrogens with zero attached hydrogens (tertiary/aromatic N) is 5. The van der Waals surface area contributed by atoms with Crippen LogP contribution in [0.15, 0.2) is 189 Å². The first kappa shape index (κ1) is 42.3.